The van der Waals surface area contributed by atoms with E-state index in [1.807, 2.05) is 11.4 Å². The van der Waals surface area contributed by atoms with Crippen LogP contribution in [0, 0.1) is 5.82 Å². The normalized spacial score (nSPS) is 12.4. The van der Waals surface area contributed by atoms with Gasteiger partial charge in [0.2, 0.25) is 0 Å². The molecule has 1 unspecified atom stereocenters. The molecule has 0 bridgehead atoms. The van der Waals surface area contributed by atoms with E-state index in [-0.39, 0.29) is 11.9 Å². The summed E-state index contributed by atoms with van der Waals surface area (Å²) in [6.45, 7) is 0. The van der Waals surface area contributed by atoms with Crippen molar-refractivity contribution in [1.82, 2.24) is 5.43 Å². The zero-order valence-corrected chi connectivity index (χ0v) is 12.0. The molecule has 6 heteroatoms. The minimum absolute atomic E-state index is 0.307. The molecule has 1 atom stereocenters. The van der Waals surface area contributed by atoms with Crippen molar-refractivity contribution >= 4 is 27.3 Å². The van der Waals surface area contributed by atoms with Gasteiger partial charge in [-0.3, -0.25) is 5.84 Å². The highest BCUT2D eigenvalue weighted by atomic mass is 79.9. The Morgan fingerprint density at radius 2 is 2.22 bits per heavy atom. The molecule has 2 aromatic rings. The van der Waals surface area contributed by atoms with Gasteiger partial charge in [-0.05, 0) is 51.1 Å². The summed E-state index contributed by atoms with van der Waals surface area (Å²) >= 11 is 4.94. The SMILES string of the molecule is COc1ccc(F)cc1C(NN)c1csc(Br)c1. The van der Waals surface area contributed by atoms with Gasteiger partial charge in [-0.1, -0.05) is 0 Å². The van der Waals surface area contributed by atoms with E-state index in [2.05, 4.69) is 21.4 Å². The van der Waals surface area contributed by atoms with E-state index in [0.717, 1.165) is 9.35 Å². The van der Waals surface area contributed by atoms with Gasteiger partial charge >= 0.3 is 0 Å². The van der Waals surface area contributed by atoms with E-state index >= 15 is 0 Å². The second kappa shape index (κ2) is 5.79. The molecule has 0 amide bonds. The predicted octanol–water partition coefficient (Wildman–Crippen LogP) is 3.21. The molecule has 0 aliphatic heterocycles. The van der Waals surface area contributed by atoms with E-state index in [0.29, 0.717) is 11.3 Å². The van der Waals surface area contributed by atoms with Crippen LogP contribution in [0.25, 0.3) is 0 Å². The molecule has 1 aromatic heterocycles. The molecule has 0 aliphatic carbocycles. The number of nitrogens with two attached hydrogens (primary N) is 1. The van der Waals surface area contributed by atoms with Gasteiger partial charge in [-0.2, -0.15) is 0 Å². The number of ether oxygens (including phenoxy) is 1. The molecule has 0 radical (unpaired) electrons. The first-order chi connectivity index (χ1) is 8.65. The minimum atomic E-state index is -0.319. The van der Waals surface area contributed by atoms with Crippen molar-refractivity contribution in [2.24, 2.45) is 5.84 Å². The maximum atomic E-state index is 13.4. The summed E-state index contributed by atoms with van der Waals surface area (Å²) in [4.78, 5) is 0. The summed E-state index contributed by atoms with van der Waals surface area (Å²) in [7, 11) is 1.55. The van der Waals surface area contributed by atoms with Gasteiger partial charge in [0.05, 0.1) is 16.9 Å². The van der Waals surface area contributed by atoms with E-state index in [1.54, 1.807) is 24.5 Å². The van der Waals surface area contributed by atoms with Crippen molar-refractivity contribution in [1.29, 1.82) is 0 Å². The van der Waals surface area contributed by atoms with Gasteiger partial charge < -0.3 is 4.74 Å². The first kappa shape index (κ1) is 13.5. The fourth-order valence-electron chi connectivity index (χ4n) is 1.77. The van der Waals surface area contributed by atoms with Gasteiger partial charge in [0, 0.05) is 5.56 Å². The lowest BCUT2D eigenvalue weighted by Crippen LogP contribution is -2.29. The van der Waals surface area contributed by atoms with Crippen LogP contribution < -0.4 is 16.0 Å². The van der Waals surface area contributed by atoms with Crippen LogP contribution in [0.1, 0.15) is 17.2 Å². The topological polar surface area (TPSA) is 47.3 Å². The maximum absolute atomic E-state index is 13.4. The van der Waals surface area contributed by atoms with E-state index in [1.165, 1.54) is 12.1 Å². The molecule has 0 saturated heterocycles. The Morgan fingerprint density at radius 1 is 1.44 bits per heavy atom. The minimum Gasteiger partial charge on any atom is -0.496 e. The Bertz CT molecular complexity index is 547. The van der Waals surface area contributed by atoms with Gasteiger partial charge in [0.1, 0.15) is 11.6 Å². The molecule has 2 rings (SSSR count). The predicted molar refractivity (Wildman–Crippen MR) is 74.1 cm³/mol. The number of thiophene rings is 1. The molecule has 96 valence electrons. The summed E-state index contributed by atoms with van der Waals surface area (Å²) < 4.78 is 19.6. The molecule has 0 fully saturated rings. The highest BCUT2D eigenvalue weighted by molar-refractivity contribution is 9.11. The Morgan fingerprint density at radius 3 is 2.78 bits per heavy atom. The molecule has 18 heavy (non-hydrogen) atoms. The van der Waals surface area contributed by atoms with Crippen molar-refractivity contribution in [2.75, 3.05) is 7.11 Å². The summed E-state index contributed by atoms with van der Waals surface area (Å²) in [5.74, 6) is 5.86. The lowest BCUT2D eigenvalue weighted by atomic mass is 10.0. The van der Waals surface area contributed by atoms with Gasteiger partial charge in [-0.15, -0.1) is 11.3 Å². The third-order valence-corrected chi connectivity index (χ3v) is 4.11. The number of rotatable bonds is 4. The molecule has 0 spiro atoms. The zero-order chi connectivity index (χ0) is 13.1. The average Bonchev–Trinajstić information content (AvgIpc) is 2.77. The quantitative estimate of drug-likeness (QED) is 0.668. The number of hydrogen-bond acceptors (Lipinski definition) is 4. The molecule has 0 saturated carbocycles. The Labute approximate surface area is 117 Å². The van der Waals surface area contributed by atoms with Crippen molar-refractivity contribution in [3.8, 4) is 5.75 Å². The Hall–Kier alpha value is -0.950. The van der Waals surface area contributed by atoms with Crippen LogP contribution in [-0.2, 0) is 0 Å². The van der Waals surface area contributed by atoms with Gasteiger partial charge in [0.15, 0.2) is 0 Å². The number of halogens is 2. The van der Waals surface area contributed by atoms with Crippen LogP contribution >= 0.6 is 27.3 Å². The molecule has 0 aliphatic rings. The lowest BCUT2D eigenvalue weighted by Gasteiger charge is -2.18. The van der Waals surface area contributed by atoms with Crippen molar-refractivity contribution in [3.63, 3.8) is 0 Å². The number of methoxy groups -OCH3 is 1. The maximum Gasteiger partial charge on any atom is 0.124 e. The molecular weight excluding hydrogens is 319 g/mol. The molecular formula is C12H12BrFN2OS. The van der Waals surface area contributed by atoms with E-state index in [9.17, 15) is 4.39 Å². The van der Waals surface area contributed by atoms with Crippen LogP contribution in [0.5, 0.6) is 5.75 Å². The summed E-state index contributed by atoms with van der Waals surface area (Å²) in [6, 6.07) is 6.02. The Kier molecular flexibility index (Phi) is 4.34. The second-order valence-electron chi connectivity index (χ2n) is 3.67. The third kappa shape index (κ3) is 2.72. The zero-order valence-electron chi connectivity index (χ0n) is 9.61. The molecule has 3 nitrogen and oxygen atoms in total. The van der Waals surface area contributed by atoms with E-state index < -0.39 is 0 Å². The standard InChI is InChI=1S/C12H12BrFN2OS/c1-17-10-3-2-8(14)5-9(10)12(16-15)7-4-11(13)18-6-7/h2-6,12,16H,15H2,1H3. The first-order valence-electron chi connectivity index (χ1n) is 5.19. The first-order valence-corrected chi connectivity index (χ1v) is 6.86. The van der Waals surface area contributed by atoms with Crippen molar-refractivity contribution in [3.05, 3.63) is 50.4 Å². The fourth-order valence-corrected chi connectivity index (χ4v) is 2.97. The average molecular weight is 331 g/mol. The van der Waals surface area contributed by atoms with Crippen molar-refractivity contribution < 1.29 is 9.13 Å². The van der Waals surface area contributed by atoms with Gasteiger partial charge in [-0.25, -0.2) is 9.82 Å². The number of nitrogens with one attached hydrogen (secondary N) is 1. The third-order valence-electron chi connectivity index (χ3n) is 2.59. The lowest BCUT2D eigenvalue weighted by molar-refractivity contribution is 0.402. The number of hydrogen-bond donors (Lipinski definition) is 2. The Balaban J connectivity index is 2.47. The highest BCUT2D eigenvalue weighted by Crippen LogP contribution is 2.33. The molecule has 1 aromatic carbocycles. The monoisotopic (exact) mass is 330 g/mol. The highest BCUT2D eigenvalue weighted by Gasteiger charge is 2.18. The van der Waals surface area contributed by atoms with Crippen LogP contribution in [-0.4, -0.2) is 7.11 Å². The summed E-state index contributed by atoms with van der Waals surface area (Å²) in [5, 5.41) is 1.96. The number of benzene rings is 1. The smallest absolute Gasteiger partial charge is 0.124 e. The number of hydrazine groups is 1. The largest absolute Gasteiger partial charge is 0.496 e. The summed E-state index contributed by atoms with van der Waals surface area (Å²) in [6.07, 6.45) is 0. The van der Waals surface area contributed by atoms with Crippen LogP contribution in [0.4, 0.5) is 4.39 Å². The fraction of sp³-hybridized carbons (Fsp3) is 0.167. The molecule has 3 N–H and O–H groups in total. The second-order valence-corrected chi connectivity index (χ2v) is 5.96. The summed E-state index contributed by atoms with van der Waals surface area (Å²) in [5.41, 5.74) is 4.32. The van der Waals surface area contributed by atoms with Crippen LogP contribution in [0.2, 0.25) is 0 Å². The van der Waals surface area contributed by atoms with Crippen LogP contribution in [0.15, 0.2) is 33.4 Å². The van der Waals surface area contributed by atoms with Crippen LogP contribution in [0.3, 0.4) is 0 Å². The van der Waals surface area contributed by atoms with Crippen molar-refractivity contribution in [2.45, 2.75) is 6.04 Å². The van der Waals surface area contributed by atoms with Gasteiger partial charge in [0.25, 0.3) is 0 Å². The molecule has 1 heterocycles. The van der Waals surface area contributed by atoms with E-state index in [4.69, 9.17) is 10.6 Å².